The van der Waals surface area contributed by atoms with E-state index >= 15 is 0 Å². The molecule has 0 aromatic carbocycles. The minimum atomic E-state index is -1.84. The molecule has 6 nitrogen and oxygen atoms in total. The lowest BCUT2D eigenvalue weighted by molar-refractivity contribution is -0.146. The average Bonchev–Trinajstić information content (AvgIpc) is 2.89. The number of amides is 1. The third-order valence-electron chi connectivity index (χ3n) is 5.13. The standard InChI is InChI=1S/C15H20FNO5/c1-7(8(2)18)6-17(9(3)19)12-11(16)15(21)5-10-4-14(10,20)13(15)22-12/h6,10-13,20-21H,4-5H2,1-3H3/b7-6-/t10-,11-,12+,13+,14+,15-/m0/s1. The summed E-state index contributed by atoms with van der Waals surface area (Å²) in [5, 5.41) is 20.8. The summed E-state index contributed by atoms with van der Waals surface area (Å²) in [6, 6.07) is 0. The minimum Gasteiger partial charge on any atom is -0.387 e. The number of alkyl halides is 1. The summed E-state index contributed by atoms with van der Waals surface area (Å²) in [5.74, 6) is -0.905. The van der Waals surface area contributed by atoms with Gasteiger partial charge >= 0.3 is 0 Å². The van der Waals surface area contributed by atoms with Crippen LogP contribution in [0, 0.1) is 5.92 Å². The van der Waals surface area contributed by atoms with Crippen molar-refractivity contribution in [1.82, 2.24) is 4.90 Å². The molecule has 1 amide bonds. The Balaban J connectivity index is 1.90. The Morgan fingerprint density at radius 2 is 1.82 bits per heavy atom. The molecule has 3 aliphatic rings. The van der Waals surface area contributed by atoms with Crippen molar-refractivity contribution < 1.29 is 28.9 Å². The van der Waals surface area contributed by atoms with Crippen LogP contribution in [0.1, 0.15) is 33.6 Å². The molecule has 2 saturated carbocycles. The smallest absolute Gasteiger partial charge is 0.225 e. The largest absolute Gasteiger partial charge is 0.387 e. The van der Waals surface area contributed by atoms with Crippen LogP contribution in [-0.2, 0) is 14.3 Å². The fraction of sp³-hybridized carbons (Fsp3) is 0.733. The second kappa shape index (κ2) is 4.59. The quantitative estimate of drug-likeness (QED) is 0.731. The van der Waals surface area contributed by atoms with Crippen LogP contribution in [0.15, 0.2) is 11.8 Å². The molecule has 0 bridgehead atoms. The summed E-state index contributed by atoms with van der Waals surface area (Å²) < 4.78 is 20.3. The molecule has 0 unspecified atom stereocenters. The number of carbonyl (C=O) groups excluding carboxylic acids is 2. The van der Waals surface area contributed by atoms with E-state index in [0.29, 0.717) is 6.42 Å². The topological polar surface area (TPSA) is 87.1 Å². The Morgan fingerprint density at radius 1 is 1.23 bits per heavy atom. The summed E-state index contributed by atoms with van der Waals surface area (Å²) in [7, 11) is 0. The second-order valence-corrected chi connectivity index (χ2v) is 6.69. The third kappa shape index (κ3) is 1.96. The number of hydrogen-bond donors (Lipinski definition) is 2. The molecule has 0 aromatic heterocycles. The van der Waals surface area contributed by atoms with Crippen molar-refractivity contribution in [3.63, 3.8) is 0 Å². The molecule has 3 rings (SSSR count). The van der Waals surface area contributed by atoms with E-state index in [1.165, 1.54) is 27.0 Å². The monoisotopic (exact) mass is 313 g/mol. The maximum atomic E-state index is 14.8. The number of carbonyl (C=O) groups is 2. The first-order chi connectivity index (χ1) is 10.1. The van der Waals surface area contributed by atoms with Gasteiger partial charge in [-0.2, -0.15) is 0 Å². The first-order valence-corrected chi connectivity index (χ1v) is 7.34. The lowest BCUT2D eigenvalue weighted by Gasteiger charge is -2.28. The van der Waals surface area contributed by atoms with Crippen LogP contribution < -0.4 is 0 Å². The van der Waals surface area contributed by atoms with Crippen molar-refractivity contribution in [3.05, 3.63) is 11.8 Å². The molecule has 122 valence electrons. The molecular formula is C15H20FNO5. The lowest BCUT2D eigenvalue weighted by atomic mass is 9.90. The van der Waals surface area contributed by atoms with Gasteiger partial charge in [-0.3, -0.25) is 14.5 Å². The number of Topliss-reactive ketones (excluding diaryl/α,β-unsaturated/α-hetero) is 1. The van der Waals surface area contributed by atoms with Gasteiger partial charge in [0.2, 0.25) is 5.91 Å². The molecule has 1 aliphatic heterocycles. The molecule has 0 spiro atoms. The van der Waals surface area contributed by atoms with Gasteiger partial charge in [0.05, 0.1) is 5.60 Å². The number of ether oxygens (including phenoxy) is 1. The van der Waals surface area contributed by atoms with Crippen LogP contribution in [0.2, 0.25) is 0 Å². The normalized spacial score (nSPS) is 46.2. The number of hydrogen-bond acceptors (Lipinski definition) is 5. The van der Waals surface area contributed by atoms with Gasteiger partial charge in [0.15, 0.2) is 18.2 Å². The molecule has 2 N–H and O–H groups in total. The molecule has 0 aromatic rings. The molecule has 3 fully saturated rings. The Bertz CT molecular complexity index is 578. The fourth-order valence-corrected chi connectivity index (χ4v) is 3.64. The third-order valence-corrected chi connectivity index (χ3v) is 5.13. The van der Waals surface area contributed by atoms with Gasteiger partial charge in [-0.25, -0.2) is 4.39 Å². The van der Waals surface area contributed by atoms with E-state index < -0.39 is 35.6 Å². The summed E-state index contributed by atoms with van der Waals surface area (Å²) in [6.07, 6.45) is -2.39. The minimum absolute atomic E-state index is 0.118. The number of nitrogens with zero attached hydrogens (tertiary/aromatic N) is 1. The lowest BCUT2D eigenvalue weighted by Crippen LogP contribution is -2.49. The highest BCUT2D eigenvalue weighted by Gasteiger charge is 2.78. The van der Waals surface area contributed by atoms with Gasteiger partial charge in [0, 0.05) is 18.7 Å². The number of fused-ring (bicyclic) bond motifs is 3. The predicted octanol–water partition coefficient (Wildman–Crippen LogP) is 0.276. The molecule has 1 heterocycles. The highest BCUT2D eigenvalue weighted by molar-refractivity contribution is 5.93. The SMILES string of the molecule is CC(=O)/C(C)=C\N(C(C)=O)[C@@H]1O[C@@H]2[C@@]3(O)C[C@H]3C[C@]2(O)[C@H]1F. The molecule has 1 saturated heterocycles. The van der Waals surface area contributed by atoms with E-state index in [1.54, 1.807) is 0 Å². The summed E-state index contributed by atoms with van der Waals surface area (Å²) in [4.78, 5) is 24.1. The van der Waals surface area contributed by atoms with Gasteiger partial charge in [-0.1, -0.05) is 0 Å². The average molecular weight is 313 g/mol. The second-order valence-electron chi connectivity index (χ2n) is 6.69. The number of aliphatic hydroxyl groups is 2. The number of allylic oxidation sites excluding steroid dienone is 1. The van der Waals surface area contributed by atoms with Crippen LogP contribution in [-0.4, -0.2) is 56.5 Å². The van der Waals surface area contributed by atoms with Crippen molar-refractivity contribution in [2.75, 3.05) is 0 Å². The van der Waals surface area contributed by atoms with Gasteiger partial charge < -0.3 is 14.9 Å². The van der Waals surface area contributed by atoms with Crippen molar-refractivity contribution in [3.8, 4) is 0 Å². The van der Waals surface area contributed by atoms with E-state index in [4.69, 9.17) is 4.74 Å². The van der Waals surface area contributed by atoms with Gasteiger partial charge in [0.25, 0.3) is 0 Å². The van der Waals surface area contributed by atoms with E-state index in [9.17, 15) is 24.2 Å². The zero-order valence-electron chi connectivity index (χ0n) is 12.7. The molecule has 7 heteroatoms. The van der Waals surface area contributed by atoms with Crippen molar-refractivity contribution in [2.24, 2.45) is 5.92 Å². The molecule has 22 heavy (non-hydrogen) atoms. The van der Waals surface area contributed by atoms with Gasteiger partial charge in [0.1, 0.15) is 11.7 Å². The fourth-order valence-electron chi connectivity index (χ4n) is 3.64. The highest BCUT2D eigenvalue weighted by atomic mass is 19.1. The van der Waals surface area contributed by atoms with Crippen LogP contribution in [0.4, 0.5) is 4.39 Å². The molecule has 0 radical (unpaired) electrons. The van der Waals surface area contributed by atoms with Crippen molar-refractivity contribution >= 4 is 11.7 Å². The Labute approximate surface area is 127 Å². The predicted molar refractivity (Wildman–Crippen MR) is 73.1 cm³/mol. The Hall–Kier alpha value is -1.31. The summed E-state index contributed by atoms with van der Waals surface area (Å²) in [5.41, 5.74) is -2.71. The maximum absolute atomic E-state index is 14.8. The molecule has 6 atom stereocenters. The summed E-state index contributed by atoms with van der Waals surface area (Å²) >= 11 is 0. The van der Waals surface area contributed by atoms with Crippen LogP contribution in [0.25, 0.3) is 0 Å². The Morgan fingerprint density at radius 3 is 2.32 bits per heavy atom. The van der Waals surface area contributed by atoms with Crippen molar-refractivity contribution in [2.45, 2.75) is 63.3 Å². The van der Waals surface area contributed by atoms with Gasteiger partial charge in [-0.05, 0) is 32.6 Å². The zero-order chi connectivity index (χ0) is 16.4. The maximum Gasteiger partial charge on any atom is 0.225 e. The highest BCUT2D eigenvalue weighted by Crippen LogP contribution is 2.64. The first kappa shape index (κ1) is 15.6. The van der Waals surface area contributed by atoms with Crippen LogP contribution >= 0.6 is 0 Å². The van der Waals surface area contributed by atoms with E-state index in [0.717, 1.165) is 4.90 Å². The zero-order valence-corrected chi connectivity index (χ0v) is 12.7. The number of ketones is 1. The number of rotatable bonds is 3. The first-order valence-electron chi connectivity index (χ1n) is 7.34. The van der Waals surface area contributed by atoms with Crippen LogP contribution in [0.3, 0.4) is 0 Å². The Kier molecular flexibility index (Phi) is 3.25. The van der Waals surface area contributed by atoms with E-state index in [1.807, 2.05) is 0 Å². The molecule has 2 aliphatic carbocycles. The van der Waals surface area contributed by atoms with Crippen LogP contribution in [0.5, 0.6) is 0 Å². The van der Waals surface area contributed by atoms with Crippen molar-refractivity contribution in [1.29, 1.82) is 0 Å². The number of halogens is 1. The molecular weight excluding hydrogens is 293 g/mol. The van der Waals surface area contributed by atoms with Gasteiger partial charge in [-0.15, -0.1) is 0 Å². The van der Waals surface area contributed by atoms with E-state index in [2.05, 4.69) is 0 Å². The van der Waals surface area contributed by atoms with E-state index in [-0.39, 0.29) is 23.7 Å². The summed E-state index contributed by atoms with van der Waals surface area (Å²) in [6.45, 7) is 4.08.